The van der Waals surface area contributed by atoms with Crippen LogP contribution in [0.15, 0.2) is 4.52 Å². The molecule has 0 saturated carbocycles. The predicted octanol–water partition coefficient (Wildman–Crippen LogP) is 2.57. The van der Waals surface area contributed by atoms with E-state index in [1.165, 1.54) is 44.4 Å². The zero-order valence-electron chi connectivity index (χ0n) is 10.7. The fraction of sp³-hybridized carbons (Fsp3) is 0.846. The molecule has 18 heavy (non-hydrogen) atoms. The van der Waals surface area contributed by atoms with Crippen molar-refractivity contribution in [2.75, 3.05) is 18.8 Å². The first-order chi connectivity index (χ1) is 8.92. The second kappa shape index (κ2) is 6.06. The van der Waals surface area contributed by atoms with Crippen LogP contribution in [-0.2, 0) is 6.42 Å². The first kappa shape index (κ1) is 12.5. The maximum absolute atomic E-state index is 5.38. The van der Waals surface area contributed by atoms with E-state index in [1.807, 2.05) is 11.8 Å². The maximum atomic E-state index is 5.38. The van der Waals surface area contributed by atoms with Crippen molar-refractivity contribution in [1.29, 1.82) is 0 Å². The summed E-state index contributed by atoms with van der Waals surface area (Å²) < 4.78 is 5.38. The zero-order valence-corrected chi connectivity index (χ0v) is 11.5. The number of rotatable bonds is 4. The van der Waals surface area contributed by atoms with Gasteiger partial charge in [-0.2, -0.15) is 16.7 Å². The summed E-state index contributed by atoms with van der Waals surface area (Å²) in [6.45, 7) is 2.32. The van der Waals surface area contributed by atoms with Crippen molar-refractivity contribution >= 4 is 11.8 Å². The quantitative estimate of drug-likeness (QED) is 0.908. The van der Waals surface area contributed by atoms with Gasteiger partial charge in [-0.05, 0) is 50.4 Å². The van der Waals surface area contributed by atoms with Gasteiger partial charge in [0.05, 0.1) is 5.25 Å². The zero-order chi connectivity index (χ0) is 12.2. The smallest absolute Gasteiger partial charge is 0.226 e. The van der Waals surface area contributed by atoms with Gasteiger partial charge >= 0.3 is 0 Å². The minimum atomic E-state index is 0.476. The minimum absolute atomic E-state index is 0.476. The van der Waals surface area contributed by atoms with Crippen LogP contribution < -0.4 is 5.32 Å². The van der Waals surface area contributed by atoms with E-state index in [-0.39, 0.29) is 0 Å². The highest BCUT2D eigenvalue weighted by molar-refractivity contribution is 7.99. The SMILES string of the molecule is C1CCC(c2noc(CCC3CCNC3)n2)SC1. The van der Waals surface area contributed by atoms with Gasteiger partial charge in [-0.25, -0.2) is 0 Å². The summed E-state index contributed by atoms with van der Waals surface area (Å²) in [7, 11) is 0. The van der Waals surface area contributed by atoms with Crippen molar-refractivity contribution in [3.8, 4) is 0 Å². The molecule has 2 fully saturated rings. The van der Waals surface area contributed by atoms with Gasteiger partial charge < -0.3 is 9.84 Å². The van der Waals surface area contributed by atoms with Gasteiger partial charge in [0.2, 0.25) is 5.89 Å². The summed E-state index contributed by atoms with van der Waals surface area (Å²) >= 11 is 1.98. The molecule has 0 bridgehead atoms. The number of aryl methyl sites for hydroxylation is 1. The van der Waals surface area contributed by atoms with Crippen LogP contribution in [0.4, 0.5) is 0 Å². The van der Waals surface area contributed by atoms with Crippen molar-refractivity contribution in [1.82, 2.24) is 15.5 Å². The van der Waals surface area contributed by atoms with Gasteiger partial charge in [0.15, 0.2) is 5.82 Å². The molecule has 4 nitrogen and oxygen atoms in total. The van der Waals surface area contributed by atoms with Crippen molar-refractivity contribution in [2.24, 2.45) is 5.92 Å². The molecule has 0 aliphatic carbocycles. The molecule has 2 atom stereocenters. The third-order valence-electron chi connectivity index (χ3n) is 3.88. The molecule has 2 saturated heterocycles. The lowest BCUT2D eigenvalue weighted by Crippen LogP contribution is -2.09. The van der Waals surface area contributed by atoms with Crippen LogP contribution in [0.1, 0.15) is 49.1 Å². The summed E-state index contributed by atoms with van der Waals surface area (Å²) in [5, 5.41) is 8.03. The second-order valence-electron chi connectivity index (χ2n) is 5.30. The van der Waals surface area contributed by atoms with Crippen LogP contribution in [0.3, 0.4) is 0 Å². The lowest BCUT2D eigenvalue weighted by molar-refractivity contribution is 0.359. The number of nitrogens with zero attached hydrogens (tertiary/aromatic N) is 2. The topological polar surface area (TPSA) is 51.0 Å². The van der Waals surface area contributed by atoms with E-state index >= 15 is 0 Å². The number of aromatic nitrogens is 2. The van der Waals surface area contributed by atoms with E-state index in [2.05, 4.69) is 15.5 Å². The molecule has 3 heterocycles. The Bertz CT molecular complexity index is 370. The molecule has 0 amide bonds. The van der Waals surface area contributed by atoms with Crippen molar-refractivity contribution < 1.29 is 4.52 Å². The predicted molar refractivity (Wildman–Crippen MR) is 72.6 cm³/mol. The second-order valence-corrected chi connectivity index (χ2v) is 6.61. The molecule has 0 radical (unpaired) electrons. The molecule has 2 unspecified atom stereocenters. The summed E-state index contributed by atoms with van der Waals surface area (Å²) in [6.07, 6.45) is 7.24. The van der Waals surface area contributed by atoms with Crippen molar-refractivity contribution in [3.63, 3.8) is 0 Å². The fourth-order valence-electron chi connectivity index (χ4n) is 2.73. The van der Waals surface area contributed by atoms with E-state index in [0.717, 1.165) is 30.6 Å². The van der Waals surface area contributed by atoms with E-state index < -0.39 is 0 Å². The largest absolute Gasteiger partial charge is 0.339 e. The van der Waals surface area contributed by atoms with Crippen LogP contribution in [-0.4, -0.2) is 29.0 Å². The Kier molecular flexibility index (Phi) is 4.20. The molecule has 100 valence electrons. The number of hydrogen-bond donors (Lipinski definition) is 1. The Morgan fingerprint density at radius 2 is 2.33 bits per heavy atom. The monoisotopic (exact) mass is 267 g/mol. The van der Waals surface area contributed by atoms with Crippen LogP contribution in [0, 0.1) is 5.92 Å². The molecule has 3 rings (SSSR count). The molecule has 1 aromatic rings. The molecule has 2 aliphatic heterocycles. The maximum Gasteiger partial charge on any atom is 0.226 e. The molecule has 1 N–H and O–H groups in total. The Labute approximate surface area is 112 Å². The molecule has 0 aromatic carbocycles. The van der Waals surface area contributed by atoms with Gasteiger partial charge in [-0.1, -0.05) is 11.6 Å². The molecule has 1 aromatic heterocycles. The van der Waals surface area contributed by atoms with Crippen LogP contribution >= 0.6 is 11.8 Å². The third kappa shape index (κ3) is 3.06. The molecular formula is C13H21N3OS. The summed E-state index contributed by atoms with van der Waals surface area (Å²) in [5.74, 6) is 3.80. The molecular weight excluding hydrogens is 246 g/mol. The Morgan fingerprint density at radius 3 is 3.11 bits per heavy atom. The van der Waals surface area contributed by atoms with E-state index in [0.29, 0.717) is 5.25 Å². The van der Waals surface area contributed by atoms with E-state index in [9.17, 15) is 0 Å². The minimum Gasteiger partial charge on any atom is -0.339 e. The number of nitrogens with one attached hydrogen (secondary N) is 1. The fourth-order valence-corrected chi connectivity index (χ4v) is 3.97. The van der Waals surface area contributed by atoms with Crippen LogP contribution in [0.2, 0.25) is 0 Å². The Morgan fingerprint density at radius 1 is 1.33 bits per heavy atom. The lowest BCUT2D eigenvalue weighted by Gasteiger charge is -2.17. The average Bonchev–Trinajstić information content (AvgIpc) is 3.09. The van der Waals surface area contributed by atoms with Crippen molar-refractivity contribution in [3.05, 3.63) is 11.7 Å². The van der Waals surface area contributed by atoms with Gasteiger partial charge in [-0.3, -0.25) is 0 Å². The molecule has 2 aliphatic rings. The Balaban J connectivity index is 1.52. The number of thioether (sulfide) groups is 1. The third-order valence-corrected chi connectivity index (χ3v) is 5.25. The van der Waals surface area contributed by atoms with Gasteiger partial charge in [0, 0.05) is 6.42 Å². The Hall–Kier alpha value is -0.550. The normalized spacial score (nSPS) is 28.7. The first-order valence-electron chi connectivity index (χ1n) is 7.06. The highest BCUT2D eigenvalue weighted by Gasteiger charge is 2.22. The van der Waals surface area contributed by atoms with Gasteiger partial charge in [0.25, 0.3) is 0 Å². The number of hydrogen-bond acceptors (Lipinski definition) is 5. The summed E-state index contributed by atoms with van der Waals surface area (Å²) in [6, 6.07) is 0. The van der Waals surface area contributed by atoms with Crippen LogP contribution in [0.5, 0.6) is 0 Å². The summed E-state index contributed by atoms with van der Waals surface area (Å²) in [4.78, 5) is 4.58. The lowest BCUT2D eigenvalue weighted by atomic mass is 10.0. The summed E-state index contributed by atoms with van der Waals surface area (Å²) in [5.41, 5.74) is 0. The average molecular weight is 267 g/mol. The standard InChI is InChI=1S/C13H21N3OS/c1-2-8-18-11(3-1)13-15-12(17-16-13)5-4-10-6-7-14-9-10/h10-11,14H,1-9H2. The molecule has 0 spiro atoms. The van der Waals surface area contributed by atoms with E-state index in [1.54, 1.807) is 0 Å². The first-order valence-corrected chi connectivity index (χ1v) is 8.11. The highest BCUT2D eigenvalue weighted by Crippen LogP contribution is 2.36. The highest BCUT2D eigenvalue weighted by atomic mass is 32.2. The molecule has 5 heteroatoms. The van der Waals surface area contributed by atoms with Gasteiger partial charge in [0.1, 0.15) is 0 Å². The van der Waals surface area contributed by atoms with E-state index in [4.69, 9.17) is 4.52 Å². The van der Waals surface area contributed by atoms with Gasteiger partial charge in [-0.15, -0.1) is 0 Å². The van der Waals surface area contributed by atoms with Crippen LogP contribution in [0.25, 0.3) is 0 Å². The van der Waals surface area contributed by atoms with Crippen molar-refractivity contribution in [2.45, 2.75) is 43.8 Å².